The number of benzene rings is 2. The third kappa shape index (κ3) is 4.23. The Morgan fingerprint density at radius 3 is 2.30 bits per heavy atom. The summed E-state index contributed by atoms with van der Waals surface area (Å²) < 4.78 is 12.2. The quantitative estimate of drug-likeness (QED) is 0.727. The SMILES string of the molecule is Clc1ccc(N2CCN(CCCN3Cc4ccccc4C4(C3)OCCO4)CC2)cc1. The van der Waals surface area contributed by atoms with Gasteiger partial charge in [-0.25, -0.2) is 0 Å². The maximum atomic E-state index is 6.11. The first-order chi connectivity index (χ1) is 14.7. The Balaban J connectivity index is 1.11. The van der Waals surface area contributed by atoms with Crippen LogP contribution in [0, 0.1) is 0 Å². The average Bonchev–Trinajstić information content (AvgIpc) is 3.24. The molecule has 0 aliphatic carbocycles. The number of hydrogen-bond donors (Lipinski definition) is 0. The largest absolute Gasteiger partial charge is 0.369 e. The van der Waals surface area contributed by atoms with Crippen molar-refractivity contribution < 1.29 is 9.47 Å². The molecule has 2 fully saturated rings. The summed E-state index contributed by atoms with van der Waals surface area (Å²) in [5.74, 6) is -0.556. The van der Waals surface area contributed by atoms with E-state index in [1.54, 1.807) is 0 Å². The third-order valence-electron chi connectivity index (χ3n) is 6.52. The van der Waals surface area contributed by atoms with Crippen molar-refractivity contribution >= 4 is 17.3 Å². The Kier molecular flexibility index (Phi) is 5.98. The van der Waals surface area contributed by atoms with Gasteiger partial charge in [-0.2, -0.15) is 0 Å². The molecule has 0 radical (unpaired) electrons. The average molecular weight is 428 g/mol. The maximum absolute atomic E-state index is 6.11. The van der Waals surface area contributed by atoms with Crippen molar-refractivity contribution in [3.8, 4) is 0 Å². The molecule has 30 heavy (non-hydrogen) atoms. The van der Waals surface area contributed by atoms with E-state index in [2.05, 4.69) is 51.1 Å². The molecule has 5 nitrogen and oxygen atoms in total. The molecule has 0 saturated carbocycles. The minimum Gasteiger partial charge on any atom is -0.369 e. The van der Waals surface area contributed by atoms with Gasteiger partial charge in [0.1, 0.15) is 0 Å². The lowest BCUT2D eigenvalue weighted by Crippen LogP contribution is -2.48. The van der Waals surface area contributed by atoms with Crippen LogP contribution in [0.1, 0.15) is 17.5 Å². The summed E-state index contributed by atoms with van der Waals surface area (Å²) in [7, 11) is 0. The van der Waals surface area contributed by atoms with Gasteiger partial charge in [0.2, 0.25) is 5.79 Å². The Hall–Kier alpha value is -1.63. The fraction of sp³-hybridized carbons (Fsp3) is 0.500. The van der Waals surface area contributed by atoms with Gasteiger partial charge in [-0.05, 0) is 49.3 Å². The van der Waals surface area contributed by atoms with Crippen LogP contribution in [0.5, 0.6) is 0 Å². The number of nitrogens with zero attached hydrogens (tertiary/aromatic N) is 3. The lowest BCUT2D eigenvalue weighted by atomic mass is 9.94. The van der Waals surface area contributed by atoms with E-state index in [-0.39, 0.29) is 0 Å². The first kappa shape index (κ1) is 20.3. The molecule has 1 spiro atoms. The number of halogens is 1. The van der Waals surface area contributed by atoms with Crippen LogP contribution in [-0.2, 0) is 21.8 Å². The molecule has 0 bridgehead atoms. The van der Waals surface area contributed by atoms with Gasteiger partial charge < -0.3 is 14.4 Å². The summed E-state index contributed by atoms with van der Waals surface area (Å²) in [5.41, 5.74) is 3.83. The van der Waals surface area contributed by atoms with Crippen molar-refractivity contribution in [3.05, 3.63) is 64.7 Å². The molecule has 6 heteroatoms. The minimum atomic E-state index is -0.556. The third-order valence-corrected chi connectivity index (χ3v) is 6.77. The van der Waals surface area contributed by atoms with Crippen molar-refractivity contribution in [2.45, 2.75) is 18.8 Å². The van der Waals surface area contributed by atoms with Crippen LogP contribution < -0.4 is 4.90 Å². The van der Waals surface area contributed by atoms with Crippen LogP contribution >= 0.6 is 11.6 Å². The van der Waals surface area contributed by atoms with Gasteiger partial charge in [0.25, 0.3) is 0 Å². The molecule has 3 heterocycles. The second kappa shape index (κ2) is 8.85. The van der Waals surface area contributed by atoms with E-state index >= 15 is 0 Å². The molecule has 3 aliphatic rings. The Morgan fingerprint density at radius 1 is 0.833 bits per heavy atom. The van der Waals surface area contributed by atoms with Crippen molar-refractivity contribution in [3.63, 3.8) is 0 Å². The second-order valence-electron chi connectivity index (χ2n) is 8.48. The monoisotopic (exact) mass is 427 g/mol. The van der Waals surface area contributed by atoms with Gasteiger partial charge in [-0.3, -0.25) is 9.80 Å². The Morgan fingerprint density at radius 2 is 1.53 bits per heavy atom. The number of rotatable bonds is 5. The zero-order valence-electron chi connectivity index (χ0n) is 17.4. The summed E-state index contributed by atoms with van der Waals surface area (Å²) in [4.78, 5) is 7.53. The van der Waals surface area contributed by atoms with Crippen LogP contribution in [0.3, 0.4) is 0 Å². The predicted octanol–water partition coefficient (Wildman–Crippen LogP) is 3.57. The summed E-state index contributed by atoms with van der Waals surface area (Å²) >= 11 is 6.02. The normalized spacial score (nSPS) is 21.8. The molecule has 160 valence electrons. The summed E-state index contributed by atoms with van der Waals surface area (Å²) in [5, 5.41) is 0.799. The number of fused-ring (bicyclic) bond motifs is 2. The molecule has 0 aromatic heterocycles. The van der Waals surface area contributed by atoms with Gasteiger partial charge >= 0.3 is 0 Å². The van der Waals surface area contributed by atoms with Gasteiger partial charge in [0.15, 0.2) is 0 Å². The standard InChI is InChI=1S/C24H30ClN3O2/c25-21-6-8-22(9-7-21)28-14-12-26(13-15-28)10-3-11-27-18-20-4-1-2-5-23(20)24(19-27)29-16-17-30-24/h1-2,4-9H,3,10-19H2. The minimum absolute atomic E-state index is 0.556. The molecule has 0 amide bonds. The highest BCUT2D eigenvalue weighted by molar-refractivity contribution is 6.30. The van der Waals surface area contributed by atoms with Gasteiger partial charge in [0.05, 0.1) is 19.8 Å². The summed E-state index contributed by atoms with van der Waals surface area (Å²) in [6.07, 6.45) is 1.17. The van der Waals surface area contributed by atoms with Crippen LogP contribution in [-0.4, -0.2) is 68.8 Å². The fourth-order valence-electron chi connectivity index (χ4n) is 4.97. The zero-order chi connectivity index (χ0) is 20.4. The van der Waals surface area contributed by atoms with Crippen molar-refractivity contribution in [1.82, 2.24) is 9.80 Å². The van der Waals surface area contributed by atoms with E-state index in [1.807, 2.05) is 12.1 Å². The highest BCUT2D eigenvalue weighted by atomic mass is 35.5. The Labute approximate surface area is 184 Å². The summed E-state index contributed by atoms with van der Waals surface area (Å²) in [6.45, 7) is 9.75. The molecule has 5 rings (SSSR count). The van der Waals surface area contributed by atoms with Crippen LogP contribution in [0.25, 0.3) is 0 Å². The first-order valence-electron chi connectivity index (χ1n) is 11.0. The highest BCUT2D eigenvalue weighted by Crippen LogP contribution is 2.38. The van der Waals surface area contributed by atoms with Crippen LogP contribution in [0.4, 0.5) is 5.69 Å². The van der Waals surface area contributed by atoms with Gasteiger partial charge in [0, 0.05) is 49.0 Å². The fourth-order valence-corrected chi connectivity index (χ4v) is 5.09. The lowest BCUT2D eigenvalue weighted by Gasteiger charge is -2.40. The molecule has 3 aliphatic heterocycles. The van der Waals surface area contributed by atoms with E-state index in [4.69, 9.17) is 21.1 Å². The van der Waals surface area contributed by atoms with E-state index in [1.165, 1.54) is 23.2 Å². The summed E-state index contributed by atoms with van der Waals surface area (Å²) in [6, 6.07) is 16.8. The van der Waals surface area contributed by atoms with E-state index < -0.39 is 5.79 Å². The first-order valence-corrected chi connectivity index (χ1v) is 11.4. The van der Waals surface area contributed by atoms with Crippen LogP contribution in [0.15, 0.2) is 48.5 Å². The molecule has 2 saturated heterocycles. The molecular formula is C24H30ClN3O2. The predicted molar refractivity (Wildman–Crippen MR) is 120 cm³/mol. The zero-order valence-corrected chi connectivity index (χ0v) is 18.2. The molecule has 2 aromatic carbocycles. The van der Waals surface area contributed by atoms with Gasteiger partial charge in [-0.1, -0.05) is 35.9 Å². The number of ether oxygens (including phenoxy) is 2. The lowest BCUT2D eigenvalue weighted by molar-refractivity contribution is -0.187. The van der Waals surface area contributed by atoms with E-state index in [0.29, 0.717) is 13.2 Å². The maximum Gasteiger partial charge on any atom is 0.208 e. The van der Waals surface area contributed by atoms with Crippen LogP contribution in [0.2, 0.25) is 5.02 Å². The highest BCUT2D eigenvalue weighted by Gasteiger charge is 2.44. The smallest absolute Gasteiger partial charge is 0.208 e. The Bertz CT molecular complexity index is 846. The van der Waals surface area contributed by atoms with Crippen molar-refractivity contribution in [2.75, 3.05) is 63.9 Å². The number of piperazine rings is 1. The van der Waals surface area contributed by atoms with Gasteiger partial charge in [-0.15, -0.1) is 0 Å². The molecule has 0 N–H and O–H groups in total. The number of hydrogen-bond acceptors (Lipinski definition) is 5. The molecule has 0 atom stereocenters. The second-order valence-corrected chi connectivity index (χ2v) is 8.91. The van der Waals surface area contributed by atoms with Crippen molar-refractivity contribution in [1.29, 1.82) is 0 Å². The van der Waals surface area contributed by atoms with E-state index in [9.17, 15) is 0 Å². The molecular weight excluding hydrogens is 398 g/mol. The topological polar surface area (TPSA) is 28.2 Å². The van der Waals surface area contributed by atoms with E-state index in [0.717, 1.165) is 57.4 Å². The van der Waals surface area contributed by atoms with Crippen molar-refractivity contribution in [2.24, 2.45) is 0 Å². The molecule has 2 aromatic rings. The number of anilines is 1. The molecule has 0 unspecified atom stereocenters.